The molecule has 0 atom stereocenters. The highest BCUT2D eigenvalue weighted by molar-refractivity contribution is 7.28. The van der Waals surface area contributed by atoms with Crippen LogP contribution in [0.15, 0.2) is 30.3 Å². The topological polar surface area (TPSA) is 0 Å². The Morgan fingerprint density at radius 2 is 1.70 bits per heavy atom. The number of hydrogen-bond donors (Lipinski definition) is 0. The summed E-state index contributed by atoms with van der Waals surface area (Å²) in [4.78, 5) is 0. The molecule has 0 amide bonds. The van der Waals surface area contributed by atoms with Crippen LogP contribution in [-0.4, -0.2) is 27.4 Å². The summed E-state index contributed by atoms with van der Waals surface area (Å²) in [5.41, 5.74) is 1.57. The minimum absolute atomic E-state index is 0.119. The van der Waals surface area contributed by atoms with E-state index in [1.807, 2.05) is 0 Å². The Labute approximate surface area is 69.7 Å². The maximum Gasteiger partial charge on any atom is 0.0106 e. The SMILES string of the molecule is [SiH3][SiH]([SiH3])Cc1ccccc1. The molecule has 0 fully saturated rings. The van der Waals surface area contributed by atoms with E-state index >= 15 is 0 Å². The van der Waals surface area contributed by atoms with Gasteiger partial charge in [0, 0.05) is 7.83 Å². The lowest BCUT2D eigenvalue weighted by Gasteiger charge is -2.01. The largest absolute Gasteiger partial charge is 0.0622 e. The van der Waals surface area contributed by atoms with Crippen molar-refractivity contribution in [2.24, 2.45) is 0 Å². The average Bonchev–Trinajstić information content (AvgIpc) is 1.88. The van der Waals surface area contributed by atoms with Crippen LogP contribution < -0.4 is 0 Å². The Morgan fingerprint density at radius 1 is 1.10 bits per heavy atom. The van der Waals surface area contributed by atoms with Gasteiger partial charge in [0.25, 0.3) is 0 Å². The summed E-state index contributed by atoms with van der Waals surface area (Å²) in [5.74, 6) is 0. The summed E-state index contributed by atoms with van der Waals surface area (Å²) >= 11 is 0. The summed E-state index contributed by atoms with van der Waals surface area (Å²) in [6.45, 7) is 0. The van der Waals surface area contributed by atoms with Crippen LogP contribution in [0.3, 0.4) is 0 Å². The molecule has 0 heterocycles. The fraction of sp³-hybridized carbons (Fsp3) is 0.143. The van der Waals surface area contributed by atoms with E-state index in [1.54, 1.807) is 5.56 Å². The molecule has 1 rings (SSSR count). The first-order valence-corrected chi connectivity index (χ1v) is 13.9. The Kier molecular flexibility index (Phi) is 3.11. The van der Waals surface area contributed by atoms with E-state index in [9.17, 15) is 0 Å². The quantitative estimate of drug-likeness (QED) is 0.500. The Balaban J connectivity index is 2.59. The third kappa shape index (κ3) is 2.64. The third-order valence-electron chi connectivity index (χ3n) is 1.49. The average molecular weight is 182 g/mol. The van der Waals surface area contributed by atoms with Gasteiger partial charge < -0.3 is 0 Å². The van der Waals surface area contributed by atoms with Crippen LogP contribution in [0.2, 0.25) is 0 Å². The fourth-order valence-electron chi connectivity index (χ4n) is 1.09. The summed E-state index contributed by atoms with van der Waals surface area (Å²) in [7, 11) is 2.89. The van der Waals surface area contributed by atoms with Gasteiger partial charge in [-0.15, -0.1) is 0 Å². The molecule has 0 spiro atoms. The first kappa shape index (κ1) is 7.97. The molecule has 0 N–H and O–H groups in total. The highest BCUT2D eigenvalue weighted by Gasteiger charge is 1.95. The van der Waals surface area contributed by atoms with Crippen LogP contribution in [0.4, 0.5) is 0 Å². The van der Waals surface area contributed by atoms with E-state index in [0.29, 0.717) is 0 Å². The van der Waals surface area contributed by atoms with Crippen molar-refractivity contribution in [3.8, 4) is 0 Å². The molecular weight excluding hydrogens is 168 g/mol. The van der Waals surface area contributed by atoms with E-state index in [0.717, 1.165) is 0 Å². The predicted octanol–water partition coefficient (Wildman–Crippen LogP) is -1.28. The van der Waals surface area contributed by atoms with Crippen LogP contribution in [0.1, 0.15) is 5.56 Å². The van der Waals surface area contributed by atoms with E-state index in [4.69, 9.17) is 0 Å². The molecule has 0 aliphatic rings. The molecule has 0 aliphatic heterocycles. The second kappa shape index (κ2) is 3.90. The van der Waals surface area contributed by atoms with Crippen molar-refractivity contribution in [1.82, 2.24) is 0 Å². The summed E-state index contributed by atoms with van der Waals surface area (Å²) in [6.07, 6.45) is 0. The van der Waals surface area contributed by atoms with Crippen LogP contribution in [-0.2, 0) is 6.04 Å². The van der Waals surface area contributed by atoms with Crippen molar-refractivity contribution in [3.05, 3.63) is 35.9 Å². The van der Waals surface area contributed by atoms with Gasteiger partial charge >= 0.3 is 0 Å². The van der Waals surface area contributed by atoms with Crippen LogP contribution in [0, 0.1) is 0 Å². The fourth-order valence-corrected chi connectivity index (χ4v) is 5.13. The maximum atomic E-state index is 2.26. The molecule has 0 nitrogen and oxygen atoms in total. The molecule has 0 aromatic heterocycles. The molecule has 3 heteroatoms. The number of hydrogen-bond acceptors (Lipinski definition) is 0. The van der Waals surface area contributed by atoms with E-state index in [2.05, 4.69) is 30.3 Å². The molecule has 0 radical (unpaired) electrons. The van der Waals surface area contributed by atoms with Gasteiger partial charge in [-0.3, -0.25) is 0 Å². The first-order valence-electron chi connectivity index (χ1n) is 3.83. The highest BCUT2D eigenvalue weighted by Crippen LogP contribution is 1.98. The zero-order valence-corrected chi connectivity index (χ0v) is 11.8. The van der Waals surface area contributed by atoms with Crippen molar-refractivity contribution in [1.29, 1.82) is 0 Å². The Hall–Kier alpha value is -0.129. The maximum absolute atomic E-state index is 2.26. The van der Waals surface area contributed by atoms with Crippen molar-refractivity contribution in [2.75, 3.05) is 0 Å². The van der Waals surface area contributed by atoms with Crippen molar-refractivity contribution in [3.63, 3.8) is 0 Å². The van der Waals surface area contributed by atoms with Gasteiger partial charge in [0.15, 0.2) is 0 Å². The van der Waals surface area contributed by atoms with E-state index < -0.39 is 0 Å². The molecule has 0 bridgehead atoms. The minimum atomic E-state index is -0.119. The van der Waals surface area contributed by atoms with Gasteiger partial charge in [0.05, 0.1) is 0 Å². The standard InChI is InChI=1S/C7H14Si3/c8-10(9)6-7-4-2-1-3-5-7/h1-5,10H,6H2,8-9H3. The molecule has 54 valence electrons. The first-order chi connectivity index (χ1) is 4.79. The zero-order valence-electron chi connectivity index (χ0n) is 6.67. The van der Waals surface area contributed by atoms with Crippen LogP contribution in [0.25, 0.3) is 0 Å². The summed E-state index contributed by atoms with van der Waals surface area (Å²) < 4.78 is 0. The Morgan fingerprint density at radius 3 is 2.20 bits per heavy atom. The van der Waals surface area contributed by atoms with Gasteiger partial charge in [-0.25, -0.2) is 0 Å². The molecule has 0 saturated heterocycles. The minimum Gasteiger partial charge on any atom is -0.0622 e. The highest BCUT2D eigenvalue weighted by atomic mass is 29.5. The normalized spacial score (nSPS) is 13.6. The lowest BCUT2D eigenvalue weighted by Crippen LogP contribution is -2.17. The van der Waals surface area contributed by atoms with Crippen LogP contribution in [0.5, 0.6) is 0 Å². The van der Waals surface area contributed by atoms with Crippen molar-refractivity contribution >= 4 is 27.4 Å². The third-order valence-corrected chi connectivity index (χ3v) is 5.22. The van der Waals surface area contributed by atoms with Gasteiger partial charge in [-0.1, -0.05) is 35.9 Å². The van der Waals surface area contributed by atoms with E-state index in [-0.39, 0.29) is 7.83 Å². The number of rotatable bonds is 2. The molecule has 0 unspecified atom stereocenters. The Bertz CT molecular complexity index is 183. The summed E-state index contributed by atoms with van der Waals surface area (Å²) in [6, 6.07) is 12.4. The van der Waals surface area contributed by atoms with Crippen molar-refractivity contribution in [2.45, 2.75) is 6.04 Å². The predicted molar refractivity (Wildman–Crippen MR) is 57.2 cm³/mol. The van der Waals surface area contributed by atoms with Gasteiger partial charge in [-0.05, 0) is 25.6 Å². The molecule has 1 aromatic rings. The molecule has 0 saturated carbocycles. The monoisotopic (exact) mass is 182 g/mol. The van der Waals surface area contributed by atoms with Crippen molar-refractivity contribution < 1.29 is 0 Å². The smallest absolute Gasteiger partial charge is 0.0106 e. The molecule has 1 aromatic carbocycles. The van der Waals surface area contributed by atoms with Crippen LogP contribution >= 0.6 is 0 Å². The lowest BCUT2D eigenvalue weighted by molar-refractivity contribution is 1.39. The molecule has 0 aliphatic carbocycles. The summed E-state index contributed by atoms with van der Waals surface area (Å²) in [5, 5.41) is 0. The van der Waals surface area contributed by atoms with E-state index in [1.165, 1.54) is 25.6 Å². The second-order valence-corrected chi connectivity index (χ2v) is 25.0. The molecular formula is C7H14Si3. The molecule has 10 heavy (non-hydrogen) atoms. The van der Waals surface area contributed by atoms with Gasteiger partial charge in [-0.2, -0.15) is 0 Å². The van der Waals surface area contributed by atoms with Gasteiger partial charge in [0.2, 0.25) is 0 Å². The van der Waals surface area contributed by atoms with Gasteiger partial charge in [0.1, 0.15) is 0 Å². The second-order valence-electron chi connectivity index (χ2n) is 3.08. The lowest BCUT2D eigenvalue weighted by atomic mass is 10.2. The zero-order chi connectivity index (χ0) is 7.40. The number of benzene rings is 1.